The third kappa shape index (κ3) is 3.91. The SMILES string of the molecule is CC(C)(CO)NCc1ccc(N2CCOCC2)c(F)c1. The molecular formula is C15H23FN2O2. The Bertz CT molecular complexity index is 445. The van der Waals surface area contributed by atoms with Gasteiger partial charge in [0.05, 0.1) is 25.5 Å². The molecule has 1 fully saturated rings. The number of morpholine rings is 1. The second-order valence-electron chi connectivity index (χ2n) is 5.78. The number of halogens is 1. The van der Waals surface area contributed by atoms with Gasteiger partial charge < -0.3 is 20.1 Å². The molecule has 0 aromatic heterocycles. The molecule has 1 aliphatic heterocycles. The van der Waals surface area contributed by atoms with Crippen molar-refractivity contribution in [2.75, 3.05) is 37.8 Å². The first-order valence-corrected chi connectivity index (χ1v) is 6.99. The maximum absolute atomic E-state index is 14.2. The van der Waals surface area contributed by atoms with Crippen LogP contribution in [0.2, 0.25) is 0 Å². The van der Waals surface area contributed by atoms with Crippen molar-refractivity contribution in [3.63, 3.8) is 0 Å². The smallest absolute Gasteiger partial charge is 0.146 e. The molecule has 1 heterocycles. The van der Waals surface area contributed by atoms with E-state index in [0.29, 0.717) is 25.4 Å². The van der Waals surface area contributed by atoms with Crippen LogP contribution in [0.3, 0.4) is 0 Å². The topological polar surface area (TPSA) is 44.7 Å². The zero-order valence-corrected chi connectivity index (χ0v) is 12.2. The maximum atomic E-state index is 14.2. The van der Waals surface area contributed by atoms with Crippen LogP contribution in [0.15, 0.2) is 18.2 Å². The molecule has 1 saturated heterocycles. The van der Waals surface area contributed by atoms with E-state index < -0.39 is 0 Å². The number of hydrogen-bond donors (Lipinski definition) is 2. The third-order valence-corrected chi connectivity index (χ3v) is 3.53. The van der Waals surface area contributed by atoms with Gasteiger partial charge in [-0.05, 0) is 31.5 Å². The van der Waals surface area contributed by atoms with E-state index in [1.807, 2.05) is 30.9 Å². The van der Waals surface area contributed by atoms with Crippen LogP contribution >= 0.6 is 0 Å². The van der Waals surface area contributed by atoms with Crippen LogP contribution in [0.5, 0.6) is 0 Å². The monoisotopic (exact) mass is 282 g/mol. The fraction of sp³-hybridized carbons (Fsp3) is 0.600. The molecule has 1 aromatic rings. The summed E-state index contributed by atoms with van der Waals surface area (Å²) in [4.78, 5) is 2.01. The molecule has 2 rings (SSSR count). The minimum absolute atomic E-state index is 0.0430. The van der Waals surface area contributed by atoms with Gasteiger partial charge in [-0.25, -0.2) is 4.39 Å². The van der Waals surface area contributed by atoms with Crippen molar-refractivity contribution in [3.8, 4) is 0 Å². The summed E-state index contributed by atoms with van der Waals surface area (Å²) in [6, 6.07) is 5.31. The highest BCUT2D eigenvalue weighted by Crippen LogP contribution is 2.21. The zero-order valence-electron chi connectivity index (χ0n) is 12.2. The van der Waals surface area contributed by atoms with Gasteiger partial charge in [-0.15, -0.1) is 0 Å². The molecule has 1 aliphatic rings. The summed E-state index contributed by atoms with van der Waals surface area (Å²) < 4.78 is 19.5. The number of ether oxygens (including phenoxy) is 1. The van der Waals surface area contributed by atoms with Crippen LogP contribution in [-0.2, 0) is 11.3 Å². The molecule has 0 saturated carbocycles. The van der Waals surface area contributed by atoms with Gasteiger partial charge in [0.15, 0.2) is 0 Å². The van der Waals surface area contributed by atoms with Gasteiger partial charge in [-0.2, -0.15) is 0 Å². The van der Waals surface area contributed by atoms with Gasteiger partial charge in [0.25, 0.3) is 0 Å². The van der Waals surface area contributed by atoms with Crippen LogP contribution in [0.4, 0.5) is 10.1 Å². The quantitative estimate of drug-likeness (QED) is 0.859. The number of rotatable bonds is 5. The molecule has 0 radical (unpaired) electrons. The molecule has 0 unspecified atom stereocenters. The third-order valence-electron chi connectivity index (χ3n) is 3.53. The van der Waals surface area contributed by atoms with E-state index in [1.54, 1.807) is 6.07 Å². The first kappa shape index (κ1) is 15.2. The second-order valence-corrected chi connectivity index (χ2v) is 5.78. The minimum Gasteiger partial charge on any atom is -0.394 e. The second kappa shape index (κ2) is 6.52. The molecule has 0 amide bonds. The molecule has 1 aromatic carbocycles. The van der Waals surface area contributed by atoms with E-state index in [0.717, 1.165) is 18.7 Å². The summed E-state index contributed by atoms with van der Waals surface area (Å²) in [5, 5.41) is 12.4. The molecule has 0 atom stereocenters. The van der Waals surface area contributed by atoms with Crippen LogP contribution in [0, 0.1) is 5.82 Å². The molecule has 4 nitrogen and oxygen atoms in total. The molecular weight excluding hydrogens is 259 g/mol. The number of nitrogens with zero attached hydrogens (tertiary/aromatic N) is 1. The molecule has 112 valence electrons. The van der Waals surface area contributed by atoms with E-state index in [-0.39, 0.29) is 18.0 Å². The van der Waals surface area contributed by atoms with Crippen LogP contribution in [0.1, 0.15) is 19.4 Å². The number of hydrogen-bond acceptors (Lipinski definition) is 4. The summed E-state index contributed by atoms with van der Waals surface area (Å²) in [6.45, 7) is 7.14. The van der Waals surface area contributed by atoms with Gasteiger partial charge in [-0.3, -0.25) is 0 Å². The Balaban J connectivity index is 2.02. The average molecular weight is 282 g/mol. The number of anilines is 1. The average Bonchev–Trinajstić information content (AvgIpc) is 2.46. The van der Waals surface area contributed by atoms with Crippen LogP contribution in [0.25, 0.3) is 0 Å². The van der Waals surface area contributed by atoms with Gasteiger partial charge in [-0.1, -0.05) is 6.07 Å². The minimum atomic E-state index is -0.362. The van der Waals surface area contributed by atoms with Crippen LogP contribution in [-0.4, -0.2) is 43.6 Å². The van der Waals surface area contributed by atoms with E-state index in [9.17, 15) is 9.50 Å². The lowest BCUT2D eigenvalue weighted by Crippen LogP contribution is -2.42. The van der Waals surface area contributed by atoms with Crippen molar-refractivity contribution in [1.82, 2.24) is 5.32 Å². The number of aliphatic hydroxyl groups excluding tert-OH is 1. The van der Waals surface area contributed by atoms with E-state index in [4.69, 9.17) is 4.74 Å². The maximum Gasteiger partial charge on any atom is 0.146 e. The van der Waals surface area contributed by atoms with Crippen molar-refractivity contribution < 1.29 is 14.2 Å². The summed E-state index contributed by atoms with van der Waals surface area (Å²) in [6.07, 6.45) is 0. The lowest BCUT2D eigenvalue weighted by molar-refractivity contribution is 0.122. The summed E-state index contributed by atoms with van der Waals surface area (Å²) in [7, 11) is 0. The number of aliphatic hydroxyl groups is 1. The Morgan fingerprint density at radius 2 is 2.05 bits per heavy atom. The van der Waals surface area contributed by atoms with Crippen molar-refractivity contribution in [2.24, 2.45) is 0 Å². The zero-order chi connectivity index (χ0) is 14.6. The standard InChI is InChI=1S/C15H23FN2O2/c1-15(2,11-19)17-10-12-3-4-14(13(16)9-12)18-5-7-20-8-6-18/h3-4,9,17,19H,5-8,10-11H2,1-2H3. The Morgan fingerprint density at radius 3 is 2.65 bits per heavy atom. The normalized spacial score (nSPS) is 16.5. The predicted octanol–water partition coefficient (Wildman–Crippen LogP) is 1.52. The van der Waals surface area contributed by atoms with E-state index >= 15 is 0 Å². The Hall–Kier alpha value is -1.17. The summed E-state index contributed by atoms with van der Waals surface area (Å²) in [5.41, 5.74) is 1.15. The highest BCUT2D eigenvalue weighted by Gasteiger charge is 2.17. The highest BCUT2D eigenvalue weighted by atomic mass is 19.1. The molecule has 0 bridgehead atoms. The largest absolute Gasteiger partial charge is 0.394 e. The van der Waals surface area contributed by atoms with E-state index in [2.05, 4.69) is 5.32 Å². The van der Waals surface area contributed by atoms with Gasteiger partial charge in [0.2, 0.25) is 0 Å². The fourth-order valence-electron chi connectivity index (χ4n) is 2.12. The summed E-state index contributed by atoms with van der Waals surface area (Å²) >= 11 is 0. The highest BCUT2D eigenvalue weighted by molar-refractivity contribution is 5.49. The van der Waals surface area contributed by atoms with E-state index in [1.165, 1.54) is 0 Å². The molecule has 5 heteroatoms. The van der Waals surface area contributed by atoms with Crippen molar-refractivity contribution in [3.05, 3.63) is 29.6 Å². The van der Waals surface area contributed by atoms with Crippen molar-refractivity contribution >= 4 is 5.69 Å². The molecule has 0 spiro atoms. The Morgan fingerprint density at radius 1 is 1.35 bits per heavy atom. The fourth-order valence-corrected chi connectivity index (χ4v) is 2.12. The first-order valence-electron chi connectivity index (χ1n) is 6.99. The Kier molecular flexibility index (Phi) is 4.96. The Labute approximate surface area is 119 Å². The predicted molar refractivity (Wildman–Crippen MR) is 77.4 cm³/mol. The number of nitrogens with one attached hydrogen (secondary N) is 1. The lowest BCUT2D eigenvalue weighted by atomic mass is 10.1. The molecule has 0 aliphatic carbocycles. The molecule has 20 heavy (non-hydrogen) atoms. The number of benzene rings is 1. The van der Waals surface area contributed by atoms with Gasteiger partial charge >= 0.3 is 0 Å². The van der Waals surface area contributed by atoms with Crippen molar-refractivity contribution in [1.29, 1.82) is 0 Å². The van der Waals surface area contributed by atoms with Gasteiger partial charge in [0.1, 0.15) is 5.82 Å². The first-order chi connectivity index (χ1) is 9.52. The van der Waals surface area contributed by atoms with Crippen LogP contribution < -0.4 is 10.2 Å². The lowest BCUT2D eigenvalue weighted by Gasteiger charge is -2.29. The van der Waals surface area contributed by atoms with Gasteiger partial charge in [0, 0.05) is 25.2 Å². The molecule has 2 N–H and O–H groups in total. The summed E-state index contributed by atoms with van der Waals surface area (Å²) in [5.74, 6) is -0.201. The van der Waals surface area contributed by atoms with Crippen molar-refractivity contribution in [2.45, 2.75) is 25.9 Å².